The van der Waals surface area contributed by atoms with E-state index in [9.17, 15) is 19.2 Å². The Bertz CT molecular complexity index is 1030. The molecule has 0 saturated carbocycles. The van der Waals surface area contributed by atoms with E-state index in [1.165, 1.54) is 4.90 Å². The van der Waals surface area contributed by atoms with E-state index >= 15 is 0 Å². The quantitative estimate of drug-likeness (QED) is 0.729. The number of nitrogens with one attached hydrogen (secondary N) is 2. The molecule has 8 nitrogen and oxygen atoms in total. The van der Waals surface area contributed by atoms with Crippen molar-refractivity contribution < 1.29 is 23.9 Å². The Morgan fingerprint density at radius 1 is 1.17 bits per heavy atom. The summed E-state index contributed by atoms with van der Waals surface area (Å²) in [5.74, 6) is -0.562. The van der Waals surface area contributed by atoms with Gasteiger partial charge in [-0.2, -0.15) is 0 Å². The van der Waals surface area contributed by atoms with E-state index in [-0.39, 0.29) is 37.2 Å². The smallest absolute Gasteiger partial charge is 0.255 e. The first-order chi connectivity index (χ1) is 14.5. The third kappa shape index (κ3) is 3.63. The lowest BCUT2D eigenvalue weighted by Gasteiger charge is -2.29. The molecule has 2 aromatic carbocycles. The topological polar surface area (TPSA) is 105 Å². The second-order valence-electron chi connectivity index (χ2n) is 7.25. The fourth-order valence-corrected chi connectivity index (χ4v) is 3.84. The molecule has 30 heavy (non-hydrogen) atoms. The fraction of sp³-hybridized carbons (Fsp3) is 0.273. The van der Waals surface area contributed by atoms with Crippen LogP contribution in [0.3, 0.4) is 0 Å². The van der Waals surface area contributed by atoms with E-state index in [1.54, 1.807) is 43.5 Å². The van der Waals surface area contributed by atoms with Crippen molar-refractivity contribution in [2.24, 2.45) is 0 Å². The van der Waals surface area contributed by atoms with E-state index in [2.05, 4.69) is 10.6 Å². The van der Waals surface area contributed by atoms with Crippen LogP contribution in [0, 0.1) is 0 Å². The van der Waals surface area contributed by atoms with Crippen LogP contribution >= 0.6 is 0 Å². The zero-order chi connectivity index (χ0) is 21.3. The van der Waals surface area contributed by atoms with Crippen molar-refractivity contribution in [1.82, 2.24) is 15.5 Å². The summed E-state index contributed by atoms with van der Waals surface area (Å²) in [5.41, 5.74) is 2.64. The highest BCUT2D eigenvalue weighted by molar-refractivity contribution is 6.05. The van der Waals surface area contributed by atoms with Crippen molar-refractivity contribution in [3.8, 4) is 5.75 Å². The minimum absolute atomic E-state index is 0.210. The Morgan fingerprint density at radius 2 is 1.93 bits per heavy atom. The number of piperidine rings is 1. The normalized spacial score (nSPS) is 18.1. The number of ether oxygens (including phenoxy) is 1. The highest BCUT2D eigenvalue weighted by Crippen LogP contribution is 2.29. The van der Waals surface area contributed by atoms with Crippen LogP contribution in [-0.4, -0.2) is 41.7 Å². The van der Waals surface area contributed by atoms with Crippen molar-refractivity contribution in [3.05, 3.63) is 64.7 Å². The summed E-state index contributed by atoms with van der Waals surface area (Å²) in [7, 11) is 1.56. The monoisotopic (exact) mass is 407 g/mol. The molecule has 1 atom stereocenters. The number of hydrogen-bond donors (Lipinski definition) is 2. The van der Waals surface area contributed by atoms with Crippen LogP contribution in [0.5, 0.6) is 5.75 Å². The number of rotatable bonds is 5. The summed E-state index contributed by atoms with van der Waals surface area (Å²) in [6, 6.07) is 11.5. The molecule has 8 heteroatoms. The number of carbonyl (C=O) groups excluding carboxylic acids is 4. The maximum atomic E-state index is 12.9. The molecule has 1 fully saturated rings. The van der Waals surface area contributed by atoms with Crippen LogP contribution in [0.4, 0.5) is 0 Å². The number of nitrogens with zero attached hydrogens (tertiary/aromatic N) is 1. The zero-order valence-corrected chi connectivity index (χ0v) is 16.4. The second-order valence-corrected chi connectivity index (χ2v) is 7.25. The van der Waals surface area contributed by atoms with Crippen LogP contribution in [-0.2, 0) is 22.7 Å². The van der Waals surface area contributed by atoms with Crippen LogP contribution in [0.1, 0.15) is 44.7 Å². The third-order valence-electron chi connectivity index (χ3n) is 5.47. The Hall–Kier alpha value is -3.68. The number of carbonyl (C=O) groups is 4. The molecule has 0 aromatic heterocycles. The Morgan fingerprint density at radius 3 is 2.63 bits per heavy atom. The van der Waals surface area contributed by atoms with E-state index in [0.717, 1.165) is 11.1 Å². The van der Waals surface area contributed by atoms with Gasteiger partial charge in [0.1, 0.15) is 11.8 Å². The molecule has 0 radical (unpaired) electrons. The highest BCUT2D eigenvalue weighted by Gasteiger charge is 2.39. The molecule has 0 bridgehead atoms. The highest BCUT2D eigenvalue weighted by atomic mass is 16.5. The first kappa shape index (κ1) is 19.6. The van der Waals surface area contributed by atoms with Gasteiger partial charge in [-0.15, -0.1) is 0 Å². The lowest BCUT2D eigenvalue weighted by Crippen LogP contribution is -2.52. The average molecular weight is 407 g/mol. The number of benzene rings is 2. The maximum Gasteiger partial charge on any atom is 0.255 e. The average Bonchev–Trinajstić information content (AvgIpc) is 3.09. The summed E-state index contributed by atoms with van der Waals surface area (Å²) in [4.78, 5) is 50.4. The minimum Gasteiger partial charge on any atom is -0.497 e. The standard InChI is InChI=1S/C22H21N3O5/c1-30-15-7-5-13(6-8-15)20(27)23-11-14-3-2-4-16-17(14)12-25(22(16)29)18-9-10-19(26)24-21(18)28/h2-8,18H,9-12H2,1H3,(H,23,27)(H,24,26,28). The lowest BCUT2D eigenvalue weighted by molar-refractivity contribution is -0.136. The van der Waals surface area contributed by atoms with Crippen LogP contribution in [0.25, 0.3) is 0 Å². The number of amides is 4. The molecule has 2 N–H and O–H groups in total. The third-order valence-corrected chi connectivity index (χ3v) is 5.47. The summed E-state index contributed by atoms with van der Waals surface area (Å²) in [6.07, 6.45) is 0.523. The van der Waals surface area contributed by atoms with Gasteiger partial charge in [-0.25, -0.2) is 0 Å². The maximum absolute atomic E-state index is 12.9. The van der Waals surface area contributed by atoms with Gasteiger partial charge in [0, 0.05) is 30.6 Å². The molecule has 0 spiro atoms. The van der Waals surface area contributed by atoms with Gasteiger partial charge < -0.3 is 15.0 Å². The summed E-state index contributed by atoms with van der Waals surface area (Å²) in [5, 5.41) is 5.17. The Kier molecular flexibility index (Phi) is 5.22. The molecule has 1 saturated heterocycles. The Labute approximate surface area is 173 Å². The molecular weight excluding hydrogens is 386 g/mol. The Balaban J connectivity index is 1.48. The molecule has 4 rings (SSSR count). The van der Waals surface area contributed by atoms with Crippen molar-refractivity contribution in [1.29, 1.82) is 0 Å². The van der Waals surface area contributed by atoms with Gasteiger partial charge in [0.15, 0.2) is 0 Å². The van der Waals surface area contributed by atoms with Crippen molar-refractivity contribution >= 4 is 23.6 Å². The van der Waals surface area contributed by atoms with E-state index in [1.807, 2.05) is 6.07 Å². The molecule has 0 aliphatic carbocycles. The van der Waals surface area contributed by atoms with E-state index < -0.39 is 11.9 Å². The van der Waals surface area contributed by atoms with Crippen molar-refractivity contribution in [3.63, 3.8) is 0 Å². The van der Waals surface area contributed by atoms with Gasteiger partial charge in [0.05, 0.1) is 7.11 Å². The molecular formula is C22H21N3O5. The fourth-order valence-electron chi connectivity index (χ4n) is 3.84. The molecule has 2 aliphatic rings. The number of imide groups is 1. The summed E-state index contributed by atoms with van der Waals surface area (Å²) >= 11 is 0. The molecule has 2 aromatic rings. The van der Waals surface area contributed by atoms with E-state index in [0.29, 0.717) is 23.3 Å². The lowest BCUT2D eigenvalue weighted by atomic mass is 10.0. The summed E-state index contributed by atoms with van der Waals surface area (Å²) in [6.45, 7) is 0.527. The number of fused-ring (bicyclic) bond motifs is 1. The molecule has 4 amide bonds. The van der Waals surface area contributed by atoms with Crippen molar-refractivity contribution in [2.45, 2.75) is 32.0 Å². The number of methoxy groups -OCH3 is 1. The first-order valence-corrected chi connectivity index (χ1v) is 9.65. The molecule has 2 heterocycles. The van der Waals surface area contributed by atoms with E-state index in [4.69, 9.17) is 4.74 Å². The predicted octanol–water partition coefficient (Wildman–Crippen LogP) is 1.39. The van der Waals surface area contributed by atoms with Gasteiger partial charge in [-0.3, -0.25) is 24.5 Å². The van der Waals surface area contributed by atoms with Gasteiger partial charge in [0.2, 0.25) is 11.8 Å². The van der Waals surface area contributed by atoms with Crippen LogP contribution in [0.2, 0.25) is 0 Å². The van der Waals surface area contributed by atoms with Gasteiger partial charge in [0.25, 0.3) is 11.8 Å². The second kappa shape index (κ2) is 7.98. The predicted molar refractivity (Wildman–Crippen MR) is 107 cm³/mol. The van der Waals surface area contributed by atoms with Crippen LogP contribution < -0.4 is 15.4 Å². The summed E-state index contributed by atoms with van der Waals surface area (Å²) < 4.78 is 5.10. The minimum atomic E-state index is -0.663. The molecule has 2 aliphatic heterocycles. The largest absolute Gasteiger partial charge is 0.497 e. The SMILES string of the molecule is COc1ccc(C(=O)NCc2cccc3c2CN(C2CCC(=O)NC2=O)C3=O)cc1. The molecule has 1 unspecified atom stereocenters. The number of hydrogen-bond acceptors (Lipinski definition) is 5. The first-order valence-electron chi connectivity index (χ1n) is 9.65. The van der Waals surface area contributed by atoms with Crippen LogP contribution in [0.15, 0.2) is 42.5 Å². The van der Waals surface area contributed by atoms with Gasteiger partial charge in [-0.05, 0) is 47.9 Å². The van der Waals surface area contributed by atoms with Crippen molar-refractivity contribution in [2.75, 3.05) is 7.11 Å². The van der Waals surface area contributed by atoms with Gasteiger partial charge >= 0.3 is 0 Å². The van der Waals surface area contributed by atoms with Gasteiger partial charge in [-0.1, -0.05) is 12.1 Å². The molecule has 154 valence electrons. The zero-order valence-electron chi connectivity index (χ0n) is 16.4.